The van der Waals surface area contributed by atoms with Gasteiger partial charge in [-0.1, -0.05) is 24.3 Å². The summed E-state index contributed by atoms with van der Waals surface area (Å²) < 4.78 is 11.5. The number of rotatable bonds is 1. The first-order chi connectivity index (χ1) is 9.38. The molecule has 0 aromatic rings. The highest BCUT2D eigenvalue weighted by atomic mass is 16.7. The van der Waals surface area contributed by atoms with E-state index in [9.17, 15) is 0 Å². The Hall–Kier alpha value is -1.45. The second-order valence-electron chi connectivity index (χ2n) is 4.98. The average Bonchev–Trinajstić information content (AvgIpc) is 2.93. The lowest BCUT2D eigenvalue weighted by Crippen LogP contribution is -2.31. The van der Waals surface area contributed by atoms with E-state index in [1.54, 1.807) is 0 Å². The van der Waals surface area contributed by atoms with E-state index in [1.165, 1.54) is 11.1 Å². The van der Waals surface area contributed by atoms with Crippen molar-refractivity contribution in [2.24, 2.45) is 4.99 Å². The van der Waals surface area contributed by atoms with E-state index in [2.05, 4.69) is 23.2 Å². The van der Waals surface area contributed by atoms with Crippen molar-refractivity contribution in [3.8, 4) is 0 Å². The lowest BCUT2D eigenvalue weighted by atomic mass is 9.89. The molecule has 2 heterocycles. The Morgan fingerprint density at radius 1 is 1.11 bits per heavy atom. The van der Waals surface area contributed by atoms with Crippen LogP contribution in [0.5, 0.6) is 0 Å². The molecule has 0 saturated carbocycles. The zero-order valence-corrected chi connectivity index (χ0v) is 11.0. The smallest absolute Gasteiger partial charge is 0.172 e. The Labute approximate surface area is 114 Å². The number of hydrogen-bond acceptors (Lipinski definition) is 3. The van der Waals surface area contributed by atoms with E-state index in [0.717, 1.165) is 38.9 Å². The molecule has 2 aliphatic heterocycles. The number of allylic oxidation sites excluding steroid dienone is 6. The van der Waals surface area contributed by atoms with Crippen molar-refractivity contribution in [1.29, 1.82) is 0 Å². The molecule has 1 saturated heterocycles. The highest BCUT2D eigenvalue weighted by molar-refractivity contribution is 5.85. The van der Waals surface area contributed by atoms with Crippen molar-refractivity contribution in [2.45, 2.75) is 31.5 Å². The van der Waals surface area contributed by atoms with Crippen LogP contribution in [0.25, 0.3) is 0 Å². The fraction of sp³-hybridized carbons (Fsp3) is 0.438. The van der Waals surface area contributed by atoms with Crippen molar-refractivity contribution in [1.82, 2.24) is 0 Å². The molecular weight excluding hydrogens is 238 g/mol. The third-order valence-electron chi connectivity index (χ3n) is 3.73. The van der Waals surface area contributed by atoms with Crippen LogP contribution in [0.4, 0.5) is 0 Å². The van der Waals surface area contributed by atoms with E-state index < -0.39 is 0 Å². The minimum atomic E-state index is -0.334. The largest absolute Gasteiger partial charge is 0.347 e. The van der Waals surface area contributed by atoms with Gasteiger partial charge in [0, 0.05) is 25.3 Å². The maximum atomic E-state index is 5.74. The molecule has 0 N–H and O–H groups in total. The van der Waals surface area contributed by atoms with Gasteiger partial charge in [-0.05, 0) is 30.1 Å². The Kier molecular flexibility index (Phi) is 3.76. The Balaban J connectivity index is 1.75. The molecule has 3 rings (SSSR count). The van der Waals surface area contributed by atoms with Gasteiger partial charge >= 0.3 is 0 Å². The fourth-order valence-corrected chi connectivity index (χ4v) is 2.67. The van der Waals surface area contributed by atoms with Crippen LogP contribution in [-0.4, -0.2) is 25.2 Å². The van der Waals surface area contributed by atoms with E-state index in [0.29, 0.717) is 0 Å². The molecule has 0 aromatic heterocycles. The van der Waals surface area contributed by atoms with E-state index in [4.69, 9.17) is 9.47 Å². The molecule has 1 fully saturated rings. The molecule has 19 heavy (non-hydrogen) atoms. The van der Waals surface area contributed by atoms with Gasteiger partial charge in [0.1, 0.15) is 0 Å². The fourth-order valence-electron chi connectivity index (χ4n) is 2.67. The van der Waals surface area contributed by atoms with Gasteiger partial charge in [-0.25, -0.2) is 0 Å². The SMILES string of the molecule is C1=C(C2=C/C/C=C/C=C/N=C\2)CCC2(C1)OCCO2. The van der Waals surface area contributed by atoms with Gasteiger partial charge in [0.05, 0.1) is 13.2 Å². The summed E-state index contributed by atoms with van der Waals surface area (Å²) in [4.78, 5) is 4.31. The van der Waals surface area contributed by atoms with Gasteiger partial charge in [-0.3, -0.25) is 4.99 Å². The minimum Gasteiger partial charge on any atom is -0.347 e. The molecule has 1 spiro atoms. The third kappa shape index (κ3) is 2.94. The van der Waals surface area contributed by atoms with Crippen molar-refractivity contribution < 1.29 is 9.47 Å². The summed E-state index contributed by atoms with van der Waals surface area (Å²) in [5.74, 6) is -0.334. The number of nitrogens with zero attached hydrogens (tertiary/aromatic N) is 1. The van der Waals surface area contributed by atoms with Crippen LogP contribution >= 0.6 is 0 Å². The van der Waals surface area contributed by atoms with Crippen molar-refractivity contribution >= 4 is 6.21 Å². The topological polar surface area (TPSA) is 30.8 Å². The van der Waals surface area contributed by atoms with Crippen molar-refractivity contribution in [2.75, 3.05) is 13.2 Å². The van der Waals surface area contributed by atoms with Crippen LogP contribution < -0.4 is 0 Å². The lowest BCUT2D eigenvalue weighted by molar-refractivity contribution is -0.161. The van der Waals surface area contributed by atoms with Gasteiger partial charge in [-0.2, -0.15) is 0 Å². The van der Waals surface area contributed by atoms with Crippen LogP contribution in [0.1, 0.15) is 25.7 Å². The average molecular weight is 257 g/mol. The van der Waals surface area contributed by atoms with Gasteiger partial charge in [0.2, 0.25) is 0 Å². The maximum absolute atomic E-state index is 5.74. The van der Waals surface area contributed by atoms with Crippen LogP contribution in [-0.2, 0) is 9.47 Å². The summed E-state index contributed by atoms with van der Waals surface area (Å²) in [5.41, 5.74) is 2.58. The summed E-state index contributed by atoms with van der Waals surface area (Å²) in [6, 6.07) is 0. The van der Waals surface area contributed by atoms with Gasteiger partial charge in [-0.15, -0.1) is 0 Å². The molecule has 3 nitrogen and oxygen atoms in total. The summed E-state index contributed by atoms with van der Waals surface area (Å²) in [5, 5.41) is 0. The zero-order chi connectivity index (χ0) is 13.0. The molecule has 0 radical (unpaired) electrons. The minimum absolute atomic E-state index is 0.334. The predicted molar refractivity (Wildman–Crippen MR) is 76.0 cm³/mol. The molecule has 3 heteroatoms. The van der Waals surface area contributed by atoms with Crippen molar-refractivity contribution in [3.05, 3.63) is 47.7 Å². The Morgan fingerprint density at radius 3 is 2.79 bits per heavy atom. The van der Waals surface area contributed by atoms with Crippen LogP contribution in [0.2, 0.25) is 0 Å². The molecule has 0 atom stereocenters. The second-order valence-corrected chi connectivity index (χ2v) is 4.98. The molecule has 3 aliphatic rings. The predicted octanol–water partition coefficient (Wildman–Crippen LogP) is 3.31. The first-order valence-electron chi connectivity index (χ1n) is 6.90. The van der Waals surface area contributed by atoms with E-state index in [1.807, 2.05) is 24.6 Å². The van der Waals surface area contributed by atoms with Gasteiger partial charge < -0.3 is 9.47 Å². The highest BCUT2D eigenvalue weighted by Crippen LogP contribution is 2.36. The van der Waals surface area contributed by atoms with Crippen LogP contribution in [0.3, 0.4) is 0 Å². The lowest BCUT2D eigenvalue weighted by Gasteiger charge is -2.30. The number of ether oxygens (including phenoxy) is 2. The molecule has 0 bridgehead atoms. The molecule has 100 valence electrons. The normalized spacial score (nSPS) is 33.5. The summed E-state index contributed by atoms with van der Waals surface area (Å²) >= 11 is 0. The number of aliphatic imine (C=N–C) groups is 1. The summed E-state index contributed by atoms with van der Waals surface area (Å²) in [6.45, 7) is 1.45. The monoisotopic (exact) mass is 257 g/mol. The zero-order valence-electron chi connectivity index (χ0n) is 11.0. The highest BCUT2D eigenvalue weighted by Gasteiger charge is 2.37. The molecule has 0 aromatic carbocycles. The van der Waals surface area contributed by atoms with E-state index >= 15 is 0 Å². The maximum Gasteiger partial charge on any atom is 0.172 e. The Morgan fingerprint density at radius 2 is 2.00 bits per heavy atom. The van der Waals surface area contributed by atoms with Gasteiger partial charge in [0.25, 0.3) is 0 Å². The third-order valence-corrected chi connectivity index (χ3v) is 3.73. The van der Waals surface area contributed by atoms with Gasteiger partial charge in [0.15, 0.2) is 5.79 Å². The van der Waals surface area contributed by atoms with E-state index in [-0.39, 0.29) is 5.79 Å². The van der Waals surface area contributed by atoms with Crippen molar-refractivity contribution in [3.63, 3.8) is 0 Å². The standard InChI is InChI=1S/C16H19NO2/c1-2-4-10-17-13-15(5-3-1)14-6-8-16(9-7-14)18-11-12-19-16/h1-2,4-6,10,13H,3,7-9,11-12H2/b2-1+,10-4+,15-5+,17-13-. The molecule has 0 amide bonds. The van der Waals surface area contributed by atoms with Crippen LogP contribution in [0.15, 0.2) is 52.7 Å². The first-order valence-corrected chi connectivity index (χ1v) is 6.90. The molecular formula is C16H19NO2. The number of hydrogen-bond donors (Lipinski definition) is 0. The first kappa shape index (κ1) is 12.6. The second kappa shape index (κ2) is 5.68. The summed E-state index contributed by atoms with van der Waals surface area (Å²) in [6.07, 6.45) is 18.1. The molecule has 0 unspecified atom stereocenters. The molecule has 1 aliphatic carbocycles. The van der Waals surface area contributed by atoms with Crippen LogP contribution in [0, 0.1) is 0 Å². The quantitative estimate of drug-likeness (QED) is 0.721. The summed E-state index contributed by atoms with van der Waals surface area (Å²) in [7, 11) is 0. The Bertz CT molecular complexity index is 477.